The Balaban J connectivity index is 1.35. The molecule has 0 aliphatic heterocycles. The normalized spacial score (nSPS) is 26.4. The first-order chi connectivity index (χ1) is 14.5. The number of benzene rings is 1. The molecule has 0 spiro atoms. The average Bonchev–Trinajstić information content (AvgIpc) is 3.20. The van der Waals surface area contributed by atoms with E-state index in [1.54, 1.807) is 12.2 Å². The molecular formula is C26H30FNO2. The van der Waals surface area contributed by atoms with Gasteiger partial charge >= 0.3 is 0 Å². The van der Waals surface area contributed by atoms with Gasteiger partial charge in [0.25, 0.3) is 0 Å². The molecule has 0 bridgehead atoms. The van der Waals surface area contributed by atoms with Crippen LogP contribution in [0.2, 0.25) is 0 Å². The zero-order valence-corrected chi connectivity index (χ0v) is 17.7. The second-order valence-corrected chi connectivity index (χ2v) is 8.70. The molecule has 1 fully saturated rings. The van der Waals surface area contributed by atoms with Gasteiger partial charge in [-0.1, -0.05) is 30.4 Å². The third kappa shape index (κ3) is 4.81. The molecule has 1 saturated carbocycles. The summed E-state index contributed by atoms with van der Waals surface area (Å²) in [5, 5.41) is 3.82. The minimum absolute atomic E-state index is 0.0259. The topological polar surface area (TPSA) is 38.3 Å². The summed E-state index contributed by atoms with van der Waals surface area (Å²) < 4.78 is 19.1. The summed E-state index contributed by atoms with van der Waals surface area (Å²) in [6, 6.07) is 8.88. The van der Waals surface area contributed by atoms with Gasteiger partial charge in [-0.15, -0.1) is 0 Å². The van der Waals surface area contributed by atoms with Crippen molar-refractivity contribution in [2.24, 2.45) is 5.92 Å². The highest BCUT2D eigenvalue weighted by Crippen LogP contribution is 2.37. The van der Waals surface area contributed by atoms with Gasteiger partial charge in [0.15, 0.2) is 5.78 Å². The number of hydrogen-bond acceptors (Lipinski definition) is 3. The minimum atomic E-state index is -0.129. The highest BCUT2D eigenvalue weighted by Gasteiger charge is 2.29. The minimum Gasteiger partial charge on any atom is -0.486 e. The van der Waals surface area contributed by atoms with E-state index in [1.165, 1.54) is 23.6 Å². The summed E-state index contributed by atoms with van der Waals surface area (Å²) in [6.45, 7) is 3.87. The molecule has 0 radical (unpaired) electrons. The van der Waals surface area contributed by atoms with E-state index in [4.69, 9.17) is 4.74 Å². The van der Waals surface area contributed by atoms with Gasteiger partial charge in [0, 0.05) is 18.0 Å². The van der Waals surface area contributed by atoms with Crippen LogP contribution in [0.5, 0.6) is 5.75 Å². The van der Waals surface area contributed by atoms with Gasteiger partial charge in [-0.2, -0.15) is 0 Å². The van der Waals surface area contributed by atoms with Crippen LogP contribution in [0, 0.1) is 5.92 Å². The first-order valence-electron chi connectivity index (χ1n) is 10.9. The first-order valence-corrected chi connectivity index (χ1v) is 10.9. The molecule has 2 unspecified atom stereocenters. The lowest BCUT2D eigenvalue weighted by Crippen LogP contribution is -2.37. The summed E-state index contributed by atoms with van der Waals surface area (Å²) >= 11 is 0. The lowest BCUT2D eigenvalue weighted by Gasteiger charge is -2.28. The quantitative estimate of drug-likeness (QED) is 0.643. The van der Waals surface area contributed by atoms with E-state index in [-0.39, 0.29) is 30.2 Å². The molecule has 30 heavy (non-hydrogen) atoms. The number of halogens is 1. The van der Waals surface area contributed by atoms with E-state index in [9.17, 15) is 9.18 Å². The maximum absolute atomic E-state index is 13.6. The Labute approximate surface area is 178 Å². The van der Waals surface area contributed by atoms with Gasteiger partial charge in [0.1, 0.15) is 18.2 Å². The molecule has 3 aliphatic carbocycles. The Bertz CT molecular complexity index is 909. The van der Waals surface area contributed by atoms with E-state index in [2.05, 4.69) is 36.5 Å². The molecule has 0 aromatic heterocycles. The zero-order valence-electron chi connectivity index (χ0n) is 17.7. The standard InChI is InChI=1S/C26H30FNO2/c1-17(29)16-30-24-11-7-19(8-12-24)20-6-10-23(15-20)28-18(2)25-5-3-4-21-14-22(27)9-13-26(21)25/h3,5,7-9,11-14,18,20-21,23,28H,4,6,10,15-16H2,1-2H3/t18-,20-,21?,23?/m1/s1. The number of nitrogens with one attached hydrogen (secondary N) is 1. The Hall–Kier alpha value is -2.46. The lowest BCUT2D eigenvalue weighted by molar-refractivity contribution is -0.118. The second kappa shape index (κ2) is 9.13. The van der Waals surface area contributed by atoms with Crippen molar-refractivity contribution in [1.82, 2.24) is 5.32 Å². The molecular weight excluding hydrogens is 377 g/mol. The number of fused-ring (bicyclic) bond motifs is 1. The van der Waals surface area contributed by atoms with Crippen molar-refractivity contribution in [2.75, 3.05) is 6.61 Å². The third-order valence-corrected chi connectivity index (χ3v) is 6.38. The summed E-state index contributed by atoms with van der Waals surface area (Å²) in [6.07, 6.45) is 13.9. The molecule has 3 aliphatic rings. The van der Waals surface area contributed by atoms with Gasteiger partial charge in [-0.3, -0.25) is 4.79 Å². The summed E-state index contributed by atoms with van der Waals surface area (Å²) in [5.41, 5.74) is 3.86. The van der Waals surface area contributed by atoms with E-state index >= 15 is 0 Å². The molecule has 4 atom stereocenters. The average molecular weight is 408 g/mol. The van der Waals surface area contributed by atoms with Gasteiger partial charge in [0.05, 0.1) is 0 Å². The molecule has 4 heteroatoms. The monoisotopic (exact) mass is 407 g/mol. The third-order valence-electron chi connectivity index (χ3n) is 6.38. The Morgan fingerprint density at radius 1 is 1.20 bits per heavy atom. The van der Waals surface area contributed by atoms with Gasteiger partial charge in [0.2, 0.25) is 0 Å². The number of allylic oxidation sites excluding steroid dienone is 6. The van der Waals surface area contributed by atoms with Crippen LogP contribution in [0.4, 0.5) is 4.39 Å². The van der Waals surface area contributed by atoms with Crippen molar-refractivity contribution in [3.63, 3.8) is 0 Å². The SMILES string of the molecule is CC(=O)COc1ccc([C@@H]2CCC(N[C@H](C)C3=C4C=CC(F)=CC4CC=C3)C2)cc1. The van der Waals surface area contributed by atoms with E-state index in [1.807, 2.05) is 18.2 Å². The van der Waals surface area contributed by atoms with Crippen LogP contribution in [-0.4, -0.2) is 24.5 Å². The number of rotatable bonds is 7. The number of ketones is 1. The molecule has 3 nitrogen and oxygen atoms in total. The van der Waals surface area contributed by atoms with Gasteiger partial charge in [-0.05, 0) is 86.4 Å². The predicted octanol–water partition coefficient (Wildman–Crippen LogP) is 5.56. The van der Waals surface area contributed by atoms with Crippen molar-refractivity contribution >= 4 is 5.78 Å². The highest BCUT2D eigenvalue weighted by molar-refractivity contribution is 5.77. The summed E-state index contributed by atoms with van der Waals surface area (Å²) in [5.74, 6) is 1.34. The summed E-state index contributed by atoms with van der Waals surface area (Å²) in [4.78, 5) is 11.1. The van der Waals surface area contributed by atoms with Crippen LogP contribution in [0.1, 0.15) is 51.0 Å². The largest absolute Gasteiger partial charge is 0.486 e. The number of hydrogen-bond donors (Lipinski definition) is 1. The number of Topliss-reactive ketones (excluding diaryl/α,β-unsaturated/α-hetero) is 1. The molecule has 0 heterocycles. The maximum atomic E-state index is 13.6. The molecule has 0 saturated heterocycles. The predicted molar refractivity (Wildman–Crippen MR) is 118 cm³/mol. The first kappa shape index (κ1) is 20.8. The summed E-state index contributed by atoms with van der Waals surface area (Å²) in [7, 11) is 0. The van der Waals surface area contributed by atoms with E-state index in [0.717, 1.165) is 31.4 Å². The van der Waals surface area contributed by atoms with Gasteiger partial charge < -0.3 is 10.1 Å². The van der Waals surface area contributed by atoms with Crippen molar-refractivity contribution in [3.8, 4) is 5.75 Å². The van der Waals surface area contributed by atoms with E-state index < -0.39 is 0 Å². The van der Waals surface area contributed by atoms with Gasteiger partial charge in [-0.25, -0.2) is 4.39 Å². The fourth-order valence-corrected chi connectivity index (χ4v) is 4.87. The Kier molecular flexibility index (Phi) is 6.33. The van der Waals surface area contributed by atoms with Crippen LogP contribution < -0.4 is 10.1 Å². The zero-order chi connectivity index (χ0) is 21.1. The molecule has 1 N–H and O–H groups in total. The van der Waals surface area contributed by atoms with Crippen molar-refractivity contribution < 1.29 is 13.9 Å². The second-order valence-electron chi connectivity index (χ2n) is 8.70. The molecule has 1 aromatic rings. The smallest absolute Gasteiger partial charge is 0.167 e. The Morgan fingerprint density at radius 2 is 2.00 bits per heavy atom. The molecule has 4 rings (SSSR count). The fraction of sp³-hybridized carbons (Fsp3) is 0.423. The highest BCUT2D eigenvalue weighted by atomic mass is 19.1. The van der Waals surface area contributed by atoms with Crippen molar-refractivity contribution in [3.05, 3.63) is 77.2 Å². The van der Waals surface area contributed by atoms with Crippen LogP contribution in [0.3, 0.4) is 0 Å². The van der Waals surface area contributed by atoms with E-state index in [0.29, 0.717) is 12.0 Å². The lowest BCUT2D eigenvalue weighted by atomic mass is 9.82. The Morgan fingerprint density at radius 3 is 2.77 bits per heavy atom. The van der Waals surface area contributed by atoms with Crippen LogP contribution in [-0.2, 0) is 4.79 Å². The molecule has 1 aromatic carbocycles. The van der Waals surface area contributed by atoms with Crippen molar-refractivity contribution in [1.29, 1.82) is 0 Å². The molecule has 0 amide bonds. The fourth-order valence-electron chi connectivity index (χ4n) is 4.87. The number of carbonyl (C=O) groups excluding carboxylic acids is 1. The number of carbonyl (C=O) groups is 1. The maximum Gasteiger partial charge on any atom is 0.167 e. The van der Waals surface area contributed by atoms with Crippen LogP contribution in [0.15, 0.2) is 71.6 Å². The van der Waals surface area contributed by atoms with Crippen LogP contribution in [0.25, 0.3) is 0 Å². The molecule has 158 valence electrons. The van der Waals surface area contributed by atoms with Crippen molar-refractivity contribution in [2.45, 2.75) is 57.5 Å². The van der Waals surface area contributed by atoms with Crippen LogP contribution >= 0.6 is 0 Å². The number of ether oxygens (including phenoxy) is 1.